The van der Waals surface area contributed by atoms with Crippen LogP contribution >= 0.6 is 0 Å². The largest absolute Gasteiger partial charge is 0.451 e. The Hall–Kier alpha value is -4.17. The van der Waals surface area contributed by atoms with E-state index in [1.807, 2.05) is 36.4 Å². The van der Waals surface area contributed by atoms with Crippen molar-refractivity contribution >= 4 is 45.1 Å². The lowest BCUT2D eigenvalue weighted by Crippen LogP contribution is -2.36. The Labute approximate surface area is 208 Å². The molecule has 8 heteroatoms. The number of hydrogen-bond donors (Lipinski definition) is 1. The summed E-state index contributed by atoms with van der Waals surface area (Å²) in [6, 6.07) is 21.9. The molecule has 0 radical (unpaired) electrons. The van der Waals surface area contributed by atoms with Crippen molar-refractivity contribution in [2.24, 2.45) is 0 Å². The van der Waals surface area contributed by atoms with Gasteiger partial charge in [0.2, 0.25) is 0 Å². The number of nitrogens with one attached hydrogen (secondary N) is 1. The Kier molecular flexibility index (Phi) is 6.69. The van der Waals surface area contributed by atoms with Gasteiger partial charge in [-0.25, -0.2) is 0 Å². The van der Waals surface area contributed by atoms with Crippen LogP contribution in [0.25, 0.3) is 21.8 Å². The molecular weight excluding hydrogens is 458 g/mol. The van der Waals surface area contributed by atoms with Gasteiger partial charge in [0.25, 0.3) is 5.91 Å². The lowest BCUT2D eigenvalue weighted by molar-refractivity contribution is -0.153. The first kappa shape index (κ1) is 23.6. The number of benzene rings is 3. The molecule has 36 heavy (non-hydrogen) atoms. The number of nitrogens with zero attached hydrogens (tertiary/aromatic N) is 2. The highest BCUT2D eigenvalue weighted by Crippen LogP contribution is 2.21. The highest BCUT2D eigenvalue weighted by Gasteiger charge is 2.20. The van der Waals surface area contributed by atoms with E-state index >= 15 is 0 Å². The molecule has 1 unspecified atom stereocenters. The van der Waals surface area contributed by atoms with Crippen LogP contribution < -0.4 is 15.6 Å². The minimum Gasteiger partial charge on any atom is -0.451 e. The van der Waals surface area contributed by atoms with Gasteiger partial charge in [0, 0.05) is 35.2 Å². The highest BCUT2D eigenvalue weighted by molar-refractivity contribution is 5.96. The Morgan fingerprint density at radius 2 is 1.50 bits per heavy atom. The molecule has 1 aliphatic heterocycles. The standard InChI is InChI=1S/C28H27N3O5/c1-19(28(34)29-20-10-12-21(13-11-20)30-14-16-35-17-15-30)36-26(32)18-31-24-8-4-2-6-22(24)27(33)23-7-3-5-9-25(23)31/h2-13,19H,14-18H2,1H3,(H,29,34). The van der Waals surface area contributed by atoms with Gasteiger partial charge in [-0.2, -0.15) is 0 Å². The summed E-state index contributed by atoms with van der Waals surface area (Å²) < 4.78 is 12.6. The number of fused-ring (bicyclic) bond motifs is 2. The number of amides is 1. The SMILES string of the molecule is CC(OC(=O)Cn1c2ccccc2c(=O)c2ccccc21)C(=O)Nc1ccc(N2CCOCC2)cc1. The van der Waals surface area contributed by atoms with Gasteiger partial charge in [-0.05, 0) is 55.5 Å². The number of hydrogen-bond acceptors (Lipinski definition) is 6. The van der Waals surface area contributed by atoms with Crippen molar-refractivity contribution in [3.05, 3.63) is 83.0 Å². The minimum atomic E-state index is -0.992. The second kappa shape index (κ2) is 10.2. The first-order valence-corrected chi connectivity index (χ1v) is 11.9. The molecule has 1 aromatic heterocycles. The lowest BCUT2D eigenvalue weighted by atomic mass is 10.1. The molecule has 1 amide bonds. The number of carbonyl (C=O) groups is 2. The third kappa shape index (κ3) is 4.81. The van der Waals surface area contributed by atoms with Crippen molar-refractivity contribution in [1.29, 1.82) is 0 Å². The average Bonchev–Trinajstić information content (AvgIpc) is 2.92. The molecule has 1 saturated heterocycles. The summed E-state index contributed by atoms with van der Waals surface area (Å²) in [6.07, 6.45) is -0.992. The molecule has 184 valence electrons. The van der Waals surface area contributed by atoms with Crippen LogP contribution in [0.5, 0.6) is 0 Å². The quantitative estimate of drug-likeness (QED) is 0.332. The van der Waals surface area contributed by atoms with Gasteiger partial charge in [-0.15, -0.1) is 0 Å². The summed E-state index contributed by atoms with van der Waals surface area (Å²) in [5, 5.41) is 3.85. The topological polar surface area (TPSA) is 89.9 Å². The number of aromatic nitrogens is 1. The normalized spacial score (nSPS) is 14.5. The first-order chi connectivity index (χ1) is 17.5. The summed E-state index contributed by atoms with van der Waals surface area (Å²) >= 11 is 0. The number of ether oxygens (including phenoxy) is 2. The molecular formula is C28H27N3O5. The first-order valence-electron chi connectivity index (χ1n) is 11.9. The second-order valence-corrected chi connectivity index (χ2v) is 8.72. The molecule has 1 aliphatic rings. The molecule has 0 aliphatic carbocycles. The van der Waals surface area contributed by atoms with E-state index in [1.165, 1.54) is 6.92 Å². The number of esters is 1. The number of anilines is 2. The van der Waals surface area contributed by atoms with E-state index in [2.05, 4.69) is 10.2 Å². The molecule has 1 fully saturated rings. The summed E-state index contributed by atoms with van der Waals surface area (Å²) in [5.41, 5.74) is 2.87. The highest BCUT2D eigenvalue weighted by atomic mass is 16.5. The van der Waals surface area contributed by atoms with Crippen LogP contribution in [-0.4, -0.2) is 48.9 Å². The number of para-hydroxylation sites is 2. The van der Waals surface area contributed by atoms with Crippen LogP contribution in [0.4, 0.5) is 11.4 Å². The van der Waals surface area contributed by atoms with E-state index in [0.717, 1.165) is 18.8 Å². The molecule has 1 atom stereocenters. The van der Waals surface area contributed by atoms with E-state index in [-0.39, 0.29) is 12.0 Å². The van der Waals surface area contributed by atoms with Crippen LogP contribution in [0.3, 0.4) is 0 Å². The van der Waals surface area contributed by atoms with E-state index in [9.17, 15) is 14.4 Å². The van der Waals surface area contributed by atoms with Gasteiger partial charge >= 0.3 is 5.97 Å². The average molecular weight is 486 g/mol. The van der Waals surface area contributed by atoms with Crippen molar-refractivity contribution in [3.63, 3.8) is 0 Å². The van der Waals surface area contributed by atoms with Crippen LogP contribution in [-0.2, 0) is 25.6 Å². The Morgan fingerprint density at radius 3 is 2.11 bits per heavy atom. The summed E-state index contributed by atoms with van der Waals surface area (Å²) in [4.78, 5) is 40.7. The second-order valence-electron chi connectivity index (χ2n) is 8.72. The van der Waals surface area contributed by atoms with Crippen molar-refractivity contribution < 1.29 is 19.1 Å². The summed E-state index contributed by atoms with van der Waals surface area (Å²) in [5.74, 6) is -0.989. The maximum Gasteiger partial charge on any atom is 0.326 e. The number of carbonyl (C=O) groups excluding carboxylic acids is 2. The van der Waals surface area contributed by atoms with Gasteiger partial charge < -0.3 is 24.3 Å². The Bertz CT molecular complexity index is 1410. The molecule has 5 rings (SSSR count). The number of pyridine rings is 1. The molecule has 1 N–H and O–H groups in total. The van der Waals surface area contributed by atoms with Crippen molar-refractivity contribution in [2.45, 2.75) is 19.6 Å². The fourth-order valence-corrected chi connectivity index (χ4v) is 4.49. The van der Waals surface area contributed by atoms with Crippen LogP contribution in [0.15, 0.2) is 77.6 Å². The maximum absolute atomic E-state index is 12.9. The molecule has 0 bridgehead atoms. The van der Waals surface area contributed by atoms with Gasteiger partial charge in [-0.3, -0.25) is 14.4 Å². The van der Waals surface area contributed by atoms with Gasteiger partial charge in [-0.1, -0.05) is 24.3 Å². The molecule has 3 aromatic carbocycles. The van der Waals surface area contributed by atoms with E-state index in [1.54, 1.807) is 41.0 Å². The zero-order valence-electron chi connectivity index (χ0n) is 20.0. The summed E-state index contributed by atoms with van der Waals surface area (Å²) in [6.45, 7) is 4.47. The molecule has 0 saturated carbocycles. The third-order valence-corrected chi connectivity index (χ3v) is 6.35. The molecule has 0 spiro atoms. The maximum atomic E-state index is 12.9. The predicted octanol–water partition coefficient (Wildman–Crippen LogP) is 3.56. The number of rotatable bonds is 6. The van der Waals surface area contributed by atoms with Crippen LogP contribution in [0.2, 0.25) is 0 Å². The van der Waals surface area contributed by atoms with E-state index in [4.69, 9.17) is 9.47 Å². The zero-order chi connectivity index (χ0) is 25.1. The number of morpholine rings is 1. The smallest absolute Gasteiger partial charge is 0.326 e. The third-order valence-electron chi connectivity index (χ3n) is 6.35. The zero-order valence-corrected chi connectivity index (χ0v) is 20.0. The van der Waals surface area contributed by atoms with E-state index in [0.29, 0.717) is 40.7 Å². The molecule has 4 aromatic rings. The Morgan fingerprint density at radius 1 is 0.917 bits per heavy atom. The van der Waals surface area contributed by atoms with Crippen LogP contribution in [0, 0.1) is 0 Å². The van der Waals surface area contributed by atoms with Gasteiger partial charge in [0.15, 0.2) is 11.5 Å². The summed E-state index contributed by atoms with van der Waals surface area (Å²) in [7, 11) is 0. The van der Waals surface area contributed by atoms with Crippen molar-refractivity contribution in [2.75, 3.05) is 36.5 Å². The predicted molar refractivity (Wildman–Crippen MR) is 139 cm³/mol. The van der Waals surface area contributed by atoms with Crippen molar-refractivity contribution in [1.82, 2.24) is 4.57 Å². The molecule has 8 nitrogen and oxygen atoms in total. The van der Waals surface area contributed by atoms with Crippen LogP contribution in [0.1, 0.15) is 6.92 Å². The fourth-order valence-electron chi connectivity index (χ4n) is 4.49. The Balaban J connectivity index is 1.27. The lowest BCUT2D eigenvalue weighted by Gasteiger charge is -2.28. The van der Waals surface area contributed by atoms with E-state index < -0.39 is 18.0 Å². The van der Waals surface area contributed by atoms with Crippen molar-refractivity contribution in [3.8, 4) is 0 Å². The van der Waals surface area contributed by atoms with Gasteiger partial charge in [0.1, 0.15) is 6.54 Å². The molecule has 2 heterocycles. The fraction of sp³-hybridized carbons (Fsp3) is 0.250. The van der Waals surface area contributed by atoms with Gasteiger partial charge in [0.05, 0.1) is 24.2 Å². The minimum absolute atomic E-state index is 0.0850. The monoisotopic (exact) mass is 485 g/mol.